The number of benzene rings is 2. The monoisotopic (exact) mass is 403 g/mol. The van der Waals surface area contributed by atoms with Crippen molar-refractivity contribution in [1.82, 2.24) is 4.98 Å². The molecule has 2 N–H and O–H groups in total. The molecule has 0 unspecified atom stereocenters. The lowest BCUT2D eigenvalue weighted by Crippen LogP contribution is -1.95. The number of phenolic OH excluding ortho intramolecular Hbond substituents is 1. The van der Waals surface area contributed by atoms with E-state index in [1.807, 2.05) is 30.3 Å². The van der Waals surface area contributed by atoms with Crippen molar-refractivity contribution in [2.24, 2.45) is 0 Å². The summed E-state index contributed by atoms with van der Waals surface area (Å²) in [5.74, 6) is -0.673. The van der Waals surface area contributed by atoms with Crippen LogP contribution in [0.2, 0.25) is 0 Å². The van der Waals surface area contributed by atoms with Gasteiger partial charge in [0.05, 0.1) is 14.7 Å². The summed E-state index contributed by atoms with van der Waals surface area (Å²) in [6, 6.07) is 13.0. The summed E-state index contributed by atoms with van der Waals surface area (Å²) >= 11 is 4.85. The molecule has 6 heteroatoms. The summed E-state index contributed by atoms with van der Waals surface area (Å²) in [6.45, 7) is 0. The highest BCUT2D eigenvalue weighted by atomic mass is 79.9. The molecular weight excluding hydrogens is 390 g/mol. The molecule has 0 radical (unpaired) electrons. The minimum atomic E-state index is -0.839. The van der Waals surface area contributed by atoms with Crippen LogP contribution in [0.1, 0.15) is 23.4 Å². The number of phenols is 1. The van der Waals surface area contributed by atoms with Crippen LogP contribution in [-0.4, -0.2) is 21.2 Å². The van der Waals surface area contributed by atoms with Gasteiger partial charge in [-0.25, -0.2) is 4.98 Å². The molecule has 0 bridgehead atoms. The van der Waals surface area contributed by atoms with Crippen LogP contribution in [-0.2, 0) is 4.79 Å². The zero-order valence-electron chi connectivity index (χ0n) is 12.6. The molecule has 0 atom stereocenters. The summed E-state index contributed by atoms with van der Waals surface area (Å²) in [5.41, 5.74) is 2.65. The molecule has 1 aromatic heterocycles. The lowest BCUT2D eigenvalue weighted by Gasteiger charge is -2.04. The first-order valence-electron chi connectivity index (χ1n) is 7.30. The number of thiazole rings is 1. The van der Waals surface area contributed by atoms with E-state index in [-0.39, 0.29) is 12.2 Å². The first kappa shape index (κ1) is 16.7. The lowest BCUT2D eigenvalue weighted by molar-refractivity contribution is -0.136. The first-order valence-corrected chi connectivity index (χ1v) is 8.91. The average Bonchev–Trinajstić information content (AvgIpc) is 2.98. The van der Waals surface area contributed by atoms with Gasteiger partial charge in [0.15, 0.2) is 0 Å². The lowest BCUT2D eigenvalue weighted by atomic mass is 10.1. The topological polar surface area (TPSA) is 70.4 Å². The Labute approximate surface area is 151 Å². The van der Waals surface area contributed by atoms with Gasteiger partial charge in [0.1, 0.15) is 10.8 Å². The zero-order chi connectivity index (χ0) is 17.1. The second-order valence-corrected chi connectivity index (χ2v) is 7.15. The molecule has 0 amide bonds. The number of halogens is 1. The van der Waals surface area contributed by atoms with Crippen LogP contribution < -0.4 is 0 Å². The Hall–Kier alpha value is -2.18. The van der Waals surface area contributed by atoms with Gasteiger partial charge in [-0.15, -0.1) is 11.3 Å². The number of aromatic nitrogens is 1. The van der Waals surface area contributed by atoms with Gasteiger partial charge in [0.2, 0.25) is 0 Å². The van der Waals surface area contributed by atoms with Gasteiger partial charge in [-0.1, -0.05) is 18.2 Å². The Morgan fingerprint density at radius 2 is 2.00 bits per heavy atom. The number of rotatable bonds is 5. The molecule has 122 valence electrons. The van der Waals surface area contributed by atoms with Crippen molar-refractivity contribution in [1.29, 1.82) is 0 Å². The van der Waals surface area contributed by atoms with Crippen LogP contribution >= 0.6 is 27.3 Å². The molecule has 0 saturated heterocycles. The van der Waals surface area contributed by atoms with Crippen LogP contribution in [0.5, 0.6) is 5.75 Å². The number of para-hydroxylation sites is 1. The van der Waals surface area contributed by atoms with Crippen LogP contribution in [0.3, 0.4) is 0 Å². The molecule has 3 rings (SSSR count). The maximum atomic E-state index is 11.0. The van der Waals surface area contributed by atoms with E-state index in [0.29, 0.717) is 10.9 Å². The molecule has 0 aliphatic heterocycles. The number of allylic oxidation sites excluding steroid dienone is 1. The van der Waals surface area contributed by atoms with Crippen molar-refractivity contribution in [3.05, 3.63) is 57.5 Å². The van der Waals surface area contributed by atoms with Gasteiger partial charge in [0, 0.05) is 6.42 Å². The minimum Gasteiger partial charge on any atom is -0.507 e. The van der Waals surface area contributed by atoms with Crippen LogP contribution in [0.15, 0.2) is 46.9 Å². The number of carboxylic acids is 1. The molecule has 0 aliphatic rings. The van der Waals surface area contributed by atoms with E-state index in [1.165, 1.54) is 0 Å². The quantitative estimate of drug-likeness (QED) is 0.616. The van der Waals surface area contributed by atoms with E-state index in [2.05, 4.69) is 20.9 Å². The Morgan fingerprint density at radius 3 is 2.71 bits per heavy atom. The third-order valence-corrected chi connectivity index (χ3v) is 5.24. The number of aliphatic carboxylic acids is 1. The van der Waals surface area contributed by atoms with Crippen LogP contribution in [0.25, 0.3) is 21.9 Å². The third kappa shape index (κ3) is 3.83. The zero-order valence-corrected chi connectivity index (χ0v) is 15.0. The number of aromatic hydroxyl groups is 1. The smallest absolute Gasteiger partial charge is 0.303 e. The fourth-order valence-electron chi connectivity index (χ4n) is 2.31. The van der Waals surface area contributed by atoms with Crippen LogP contribution in [0.4, 0.5) is 0 Å². The third-order valence-electron chi connectivity index (χ3n) is 3.49. The van der Waals surface area contributed by atoms with Crippen molar-refractivity contribution in [3.8, 4) is 5.75 Å². The van der Waals surface area contributed by atoms with Crippen LogP contribution in [0, 0.1) is 0 Å². The minimum absolute atomic E-state index is 0.0427. The fourth-order valence-corrected chi connectivity index (χ4v) is 3.71. The maximum absolute atomic E-state index is 11.0. The molecule has 2 aromatic carbocycles. The summed E-state index contributed by atoms with van der Waals surface area (Å²) in [7, 11) is 0. The number of fused-ring (bicyclic) bond motifs is 1. The predicted octanol–water partition coefficient (Wildman–Crippen LogP) is 5.17. The second kappa shape index (κ2) is 7.15. The molecule has 3 aromatic rings. The van der Waals surface area contributed by atoms with E-state index in [0.717, 1.165) is 26.4 Å². The van der Waals surface area contributed by atoms with E-state index < -0.39 is 5.97 Å². The van der Waals surface area contributed by atoms with Crippen molar-refractivity contribution >= 4 is 55.1 Å². The molecule has 4 nitrogen and oxygen atoms in total. The molecule has 0 saturated carbocycles. The highest BCUT2D eigenvalue weighted by molar-refractivity contribution is 9.10. The van der Waals surface area contributed by atoms with Gasteiger partial charge >= 0.3 is 5.97 Å². The number of carboxylic acid groups (broad SMARTS) is 1. The molecular formula is C18H14BrNO3S. The number of hydrogen-bond donors (Lipinski definition) is 2. The number of carbonyl (C=O) groups is 1. The first-order chi connectivity index (χ1) is 11.5. The molecule has 24 heavy (non-hydrogen) atoms. The average molecular weight is 404 g/mol. The summed E-state index contributed by atoms with van der Waals surface area (Å²) < 4.78 is 1.67. The Bertz CT molecular complexity index is 900. The highest BCUT2D eigenvalue weighted by Gasteiger charge is 2.11. The fraction of sp³-hybridized carbons (Fsp3) is 0.111. The van der Waals surface area contributed by atoms with Gasteiger partial charge in [0.25, 0.3) is 0 Å². The summed E-state index contributed by atoms with van der Waals surface area (Å²) in [6.07, 6.45) is 2.36. The van der Waals surface area contributed by atoms with Crippen molar-refractivity contribution in [2.75, 3.05) is 0 Å². The highest BCUT2D eigenvalue weighted by Crippen LogP contribution is 2.32. The van der Waals surface area contributed by atoms with Crippen molar-refractivity contribution in [2.45, 2.75) is 12.8 Å². The molecule has 0 spiro atoms. The Kier molecular flexibility index (Phi) is 4.97. The van der Waals surface area contributed by atoms with Gasteiger partial charge in [-0.2, -0.15) is 0 Å². The molecule has 0 aliphatic carbocycles. The predicted molar refractivity (Wildman–Crippen MR) is 100 cm³/mol. The van der Waals surface area contributed by atoms with E-state index in [1.54, 1.807) is 29.5 Å². The SMILES string of the molecule is O=C(O)CC/C(=C/c1ccc(O)c(Br)c1)c1nc2ccccc2s1. The number of nitrogens with zero attached hydrogens (tertiary/aromatic N) is 1. The van der Waals surface area contributed by atoms with Gasteiger partial charge in [-0.3, -0.25) is 4.79 Å². The van der Waals surface area contributed by atoms with Gasteiger partial charge in [-0.05, 0) is 63.8 Å². The second-order valence-electron chi connectivity index (χ2n) is 5.26. The number of hydrogen-bond acceptors (Lipinski definition) is 4. The Morgan fingerprint density at radius 1 is 1.21 bits per heavy atom. The standard InChI is InChI=1S/C18H14BrNO3S/c19-13-10-11(5-7-15(13)21)9-12(6-8-17(22)23)18-20-14-3-1-2-4-16(14)24-18/h1-5,7,9-10,21H,6,8H2,(H,22,23)/b12-9-. The summed E-state index contributed by atoms with van der Waals surface area (Å²) in [4.78, 5) is 15.6. The molecule has 0 fully saturated rings. The van der Waals surface area contributed by atoms with Crippen molar-refractivity contribution < 1.29 is 15.0 Å². The maximum Gasteiger partial charge on any atom is 0.303 e. The van der Waals surface area contributed by atoms with Gasteiger partial charge < -0.3 is 10.2 Å². The normalized spacial score (nSPS) is 11.8. The molecule has 1 heterocycles. The van der Waals surface area contributed by atoms with E-state index in [9.17, 15) is 9.90 Å². The van der Waals surface area contributed by atoms with Crippen molar-refractivity contribution in [3.63, 3.8) is 0 Å². The largest absolute Gasteiger partial charge is 0.507 e. The summed E-state index contributed by atoms with van der Waals surface area (Å²) in [5, 5.41) is 19.4. The van der Waals surface area contributed by atoms with E-state index >= 15 is 0 Å². The Balaban J connectivity index is 2.02. The van der Waals surface area contributed by atoms with E-state index in [4.69, 9.17) is 5.11 Å².